The van der Waals surface area contributed by atoms with E-state index in [0.29, 0.717) is 29.6 Å². The summed E-state index contributed by atoms with van der Waals surface area (Å²) >= 11 is 1.29. The Kier molecular flexibility index (Phi) is 5.67. The molecule has 0 amide bonds. The summed E-state index contributed by atoms with van der Waals surface area (Å²) in [5, 5.41) is 18.1. The van der Waals surface area contributed by atoms with Crippen LogP contribution in [0.25, 0.3) is 17.1 Å². The number of hydrogen-bond acceptors (Lipinski definition) is 6. The third-order valence-electron chi connectivity index (χ3n) is 4.71. The molecule has 0 spiro atoms. The van der Waals surface area contributed by atoms with Crippen molar-refractivity contribution in [3.05, 3.63) is 54.6 Å². The molecule has 0 aliphatic carbocycles. The third kappa shape index (κ3) is 3.92. The van der Waals surface area contributed by atoms with Crippen molar-refractivity contribution in [2.45, 2.75) is 22.9 Å². The first kappa shape index (κ1) is 19.6. The molecule has 29 heavy (non-hydrogen) atoms. The fourth-order valence-electron chi connectivity index (χ4n) is 3.33. The summed E-state index contributed by atoms with van der Waals surface area (Å²) in [5.74, 6) is 0.782. The highest BCUT2D eigenvalue weighted by Crippen LogP contribution is 2.30. The van der Waals surface area contributed by atoms with Crippen LogP contribution in [0.2, 0.25) is 0 Å². The molecule has 7 nitrogen and oxygen atoms in total. The number of thioether (sulfide) groups is 1. The Morgan fingerprint density at radius 2 is 1.79 bits per heavy atom. The van der Waals surface area contributed by atoms with Crippen LogP contribution in [0, 0.1) is 11.3 Å². The Morgan fingerprint density at radius 3 is 2.52 bits per heavy atom. The SMILES string of the molecule is N#CCSc1nnc(-c2cccc(S(=O)(=O)N3CCCC3)c2)n1-c1ccccc1. The van der Waals surface area contributed by atoms with E-state index >= 15 is 0 Å². The van der Waals surface area contributed by atoms with Crippen LogP contribution in [-0.2, 0) is 10.0 Å². The molecule has 0 unspecified atom stereocenters. The summed E-state index contributed by atoms with van der Waals surface area (Å²) in [7, 11) is -3.53. The van der Waals surface area contributed by atoms with Crippen molar-refractivity contribution in [2.75, 3.05) is 18.8 Å². The maximum Gasteiger partial charge on any atom is 0.243 e. The molecule has 4 rings (SSSR count). The second-order valence-corrected chi connectivity index (χ2v) is 9.44. The Labute approximate surface area is 174 Å². The van der Waals surface area contributed by atoms with Gasteiger partial charge in [-0.2, -0.15) is 9.57 Å². The smallest absolute Gasteiger partial charge is 0.243 e. The first-order valence-electron chi connectivity index (χ1n) is 9.22. The van der Waals surface area contributed by atoms with Gasteiger partial charge in [-0.05, 0) is 37.1 Å². The molecule has 0 N–H and O–H groups in total. The summed E-state index contributed by atoms with van der Waals surface area (Å²) in [6.45, 7) is 1.11. The van der Waals surface area contributed by atoms with Crippen LogP contribution in [0.4, 0.5) is 0 Å². The molecule has 148 valence electrons. The van der Waals surface area contributed by atoms with Gasteiger partial charge in [0.1, 0.15) is 0 Å². The largest absolute Gasteiger partial charge is 0.270 e. The van der Waals surface area contributed by atoms with E-state index < -0.39 is 10.0 Å². The number of hydrogen-bond donors (Lipinski definition) is 0. The molecule has 0 atom stereocenters. The molecule has 1 aromatic heterocycles. The van der Waals surface area contributed by atoms with Crippen LogP contribution >= 0.6 is 11.8 Å². The highest BCUT2D eigenvalue weighted by atomic mass is 32.2. The van der Waals surface area contributed by atoms with Gasteiger partial charge in [0.25, 0.3) is 0 Å². The topological polar surface area (TPSA) is 91.9 Å². The average Bonchev–Trinajstić information content (AvgIpc) is 3.43. The van der Waals surface area contributed by atoms with Gasteiger partial charge in [-0.1, -0.05) is 42.1 Å². The lowest BCUT2D eigenvalue weighted by atomic mass is 10.2. The average molecular weight is 426 g/mol. The highest BCUT2D eigenvalue weighted by Gasteiger charge is 2.28. The van der Waals surface area contributed by atoms with Gasteiger partial charge >= 0.3 is 0 Å². The van der Waals surface area contributed by atoms with Crippen molar-refractivity contribution in [3.8, 4) is 23.1 Å². The van der Waals surface area contributed by atoms with Crippen LogP contribution < -0.4 is 0 Å². The zero-order chi connectivity index (χ0) is 20.3. The molecular formula is C20H19N5O2S2. The molecular weight excluding hydrogens is 406 g/mol. The van der Waals surface area contributed by atoms with Gasteiger partial charge in [0.2, 0.25) is 10.0 Å². The normalized spacial score (nSPS) is 14.7. The molecule has 0 bridgehead atoms. The van der Waals surface area contributed by atoms with Crippen LogP contribution in [0.3, 0.4) is 0 Å². The van der Waals surface area contributed by atoms with Crippen LogP contribution in [0.5, 0.6) is 0 Å². The third-order valence-corrected chi connectivity index (χ3v) is 7.40. The first-order valence-corrected chi connectivity index (χ1v) is 11.6. The highest BCUT2D eigenvalue weighted by molar-refractivity contribution is 7.99. The maximum atomic E-state index is 13.0. The van der Waals surface area contributed by atoms with E-state index in [1.165, 1.54) is 16.1 Å². The van der Waals surface area contributed by atoms with E-state index in [4.69, 9.17) is 5.26 Å². The van der Waals surface area contributed by atoms with E-state index in [9.17, 15) is 8.42 Å². The lowest BCUT2D eigenvalue weighted by molar-refractivity contribution is 0.477. The summed E-state index contributed by atoms with van der Waals surface area (Å²) in [4.78, 5) is 0.255. The minimum absolute atomic E-state index is 0.244. The number of aromatic nitrogens is 3. The van der Waals surface area contributed by atoms with Gasteiger partial charge in [-0.3, -0.25) is 4.57 Å². The van der Waals surface area contributed by atoms with E-state index in [1.807, 2.05) is 41.0 Å². The van der Waals surface area contributed by atoms with Gasteiger partial charge in [-0.15, -0.1) is 10.2 Å². The fraction of sp³-hybridized carbons (Fsp3) is 0.250. The van der Waals surface area contributed by atoms with Crippen molar-refractivity contribution in [1.82, 2.24) is 19.1 Å². The fourth-order valence-corrected chi connectivity index (χ4v) is 5.51. The summed E-state index contributed by atoms with van der Waals surface area (Å²) < 4.78 is 29.3. The van der Waals surface area contributed by atoms with Crippen molar-refractivity contribution >= 4 is 21.8 Å². The van der Waals surface area contributed by atoms with Gasteiger partial charge in [0, 0.05) is 24.3 Å². The number of nitrogens with zero attached hydrogens (tertiary/aromatic N) is 5. The standard InChI is InChI=1S/C20H19N5O2S2/c21-11-14-28-20-23-22-19(25(20)17-8-2-1-3-9-17)16-7-6-10-18(15-16)29(26,27)24-12-4-5-13-24/h1-3,6-10,15H,4-5,12-14H2. The minimum Gasteiger partial charge on any atom is -0.270 e. The first-order chi connectivity index (χ1) is 14.1. The molecule has 2 aromatic carbocycles. The van der Waals surface area contributed by atoms with Gasteiger partial charge in [0.15, 0.2) is 11.0 Å². The van der Waals surface area contributed by atoms with E-state index in [1.54, 1.807) is 18.2 Å². The van der Waals surface area contributed by atoms with Crippen LogP contribution in [-0.4, -0.2) is 46.3 Å². The number of benzene rings is 2. The molecule has 0 radical (unpaired) electrons. The van der Waals surface area contributed by atoms with Crippen molar-refractivity contribution in [1.29, 1.82) is 5.26 Å². The minimum atomic E-state index is -3.53. The zero-order valence-electron chi connectivity index (χ0n) is 15.6. The predicted molar refractivity (Wildman–Crippen MR) is 111 cm³/mol. The van der Waals surface area contributed by atoms with Crippen molar-refractivity contribution < 1.29 is 8.42 Å². The quantitative estimate of drug-likeness (QED) is 0.563. The number of para-hydroxylation sites is 1. The number of rotatable bonds is 6. The maximum absolute atomic E-state index is 13.0. The number of sulfonamides is 1. The zero-order valence-corrected chi connectivity index (χ0v) is 17.2. The van der Waals surface area contributed by atoms with Crippen LogP contribution in [0.15, 0.2) is 64.6 Å². The second kappa shape index (κ2) is 8.37. The van der Waals surface area contributed by atoms with Gasteiger partial charge in [-0.25, -0.2) is 8.42 Å². The van der Waals surface area contributed by atoms with Crippen molar-refractivity contribution in [2.24, 2.45) is 0 Å². The van der Waals surface area contributed by atoms with E-state index in [2.05, 4.69) is 16.3 Å². The van der Waals surface area contributed by atoms with Gasteiger partial charge in [0.05, 0.1) is 16.7 Å². The Morgan fingerprint density at radius 1 is 1.03 bits per heavy atom. The Balaban J connectivity index is 1.80. The summed E-state index contributed by atoms with van der Waals surface area (Å²) in [6, 6.07) is 18.5. The molecule has 3 aromatic rings. The molecule has 9 heteroatoms. The van der Waals surface area contributed by atoms with Crippen molar-refractivity contribution in [3.63, 3.8) is 0 Å². The summed E-state index contributed by atoms with van der Waals surface area (Å²) in [6.07, 6.45) is 1.78. The predicted octanol–water partition coefficient (Wildman–Crippen LogP) is 3.33. The molecule has 2 heterocycles. The van der Waals surface area contributed by atoms with Crippen LogP contribution in [0.1, 0.15) is 12.8 Å². The molecule has 1 fully saturated rings. The molecule has 1 aliphatic rings. The van der Waals surface area contributed by atoms with E-state index in [-0.39, 0.29) is 10.6 Å². The molecule has 1 aliphatic heterocycles. The van der Waals surface area contributed by atoms with Gasteiger partial charge < -0.3 is 0 Å². The molecule has 0 saturated carbocycles. The Bertz CT molecular complexity index is 1150. The summed E-state index contributed by atoms with van der Waals surface area (Å²) in [5.41, 5.74) is 1.51. The molecule has 1 saturated heterocycles. The number of nitriles is 1. The van der Waals surface area contributed by atoms with E-state index in [0.717, 1.165) is 18.5 Å². The second-order valence-electron chi connectivity index (χ2n) is 6.56. The lowest BCUT2D eigenvalue weighted by Crippen LogP contribution is -2.27. The monoisotopic (exact) mass is 425 g/mol. The Hall–Kier alpha value is -2.67. The lowest BCUT2D eigenvalue weighted by Gasteiger charge is -2.16.